The monoisotopic (exact) mass is 284 g/mol. The van der Waals surface area contributed by atoms with Crippen molar-refractivity contribution in [2.45, 2.75) is 71.9 Å². The number of hydrogen-bond donors (Lipinski definition) is 3. The Kier molecular flexibility index (Phi) is 7.35. The van der Waals surface area contributed by atoms with Crippen molar-refractivity contribution < 1.29 is 9.90 Å². The van der Waals surface area contributed by atoms with Gasteiger partial charge in [-0.3, -0.25) is 0 Å². The van der Waals surface area contributed by atoms with Crippen LogP contribution in [0.25, 0.3) is 0 Å². The predicted octanol–water partition coefficient (Wildman–Crippen LogP) is 2.91. The number of aliphatic hydroxyl groups is 1. The molecule has 4 unspecified atom stereocenters. The minimum atomic E-state index is -0.307. The number of aliphatic hydroxyl groups excluding tert-OH is 1. The molecule has 2 amide bonds. The van der Waals surface area contributed by atoms with Gasteiger partial charge in [-0.05, 0) is 43.9 Å². The number of rotatable bonds is 6. The fourth-order valence-corrected chi connectivity index (χ4v) is 3.29. The normalized spacial score (nSPS) is 26.1. The molecule has 0 aromatic heterocycles. The third-order valence-corrected chi connectivity index (χ3v) is 4.35. The molecule has 0 radical (unpaired) electrons. The SMILES string of the molecule is CC(O)CC(C)CNC(=O)NC1CCCCC1C(C)C. The first-order valence-electron chi connectivity index (χ1n) is 8.12. The summed E-state index contributed by atoms with van der Waals surface area (Å²) >= 11 is 0. The molecule has 0 bridgehead atoms. The molecule has 0 spiro atoms. The average molecular weight is 284 g/mol. The number of urea groups is 1. The first-order valence-corrected chi connectivity index (χ1v) is 8.12. The zero-order valence-corrected chi connectivity index (χ0v) is 13.5. The van der Waals surface area contributed by atoms with Gasteiger partial charge in [-0.1, -0.05) is 33.6 Å². The van der Waals surface area contributed by atoms with Crippen LogP contribution in [0.2, 0.25) is 0 Å². The number of nitrogens with one attached hydrogen (secondary N) is 2. The minimum absolute atomic E-state index is 0.0556. The van der Waals surface area contributed by atoms with E-state index in [0.29, 0.717) is 30.3 Å². The summed E-state index contributed by atoms with van der Waals surface area (Å²) < 4.78 is 0. The standard InChI is InChI=1S/C16H32N2O2/c1-11(2)14-7-5-6-8-15(14)18-16(20)17-10-12(3)9-13(4)19/h11-15,19H,5-10H2,1-4H3,(H2,17,18,20). The lowest BCUT2D eigenvalue weighted by Crippen LogP contribution is -2.48. The second kappa shape index (κ2) is 8.50. The Balaban J connectivity index is 2.33. The lowest BCUT2D eigenvalue weighted by Gasteiger charge is -2.35. The summed E-state index contributed by atoms with van der Waals surface area (Å²) in [6.07, 6.45) is 5.23. The molecule has 0 aromatic rings. The van der Waals surface area contributed by atoms with Gasteiger partial charge in [0.15, 0.2) is 0 Å². The molecule has 0 aliphatic heterocycles. The maximum atomic E-state index is 12.0. The summed E-state index contributed by atoms with van der Waals surface area (Å²) in [5.41, 5.74) is 0. The molecule has 0 heterocycles. The van der Waals surface area contributed by atoms with E-state index in [4.69, 9.17) is 0 Å². The van der Waals surface area contributed by atoms with Crippen molar-refractivity contribution >= 4 is 6.03 Å². The van der Waals surface area contributed by atoms with Gasteiger partial charge in [-0.2, -0.15) is 0 Å². The Bertz CT molecular complexity index is 292. The van der Waals surface area contributed by atoms with Crippen LogP contribution in [-0.4, -0.2) is 29.8 Å². The second-order valence-electron chi connectivity index (χ2n) is 6.84. The highest BCUT2D eigenvalue weighted by Crippen LogP contribution is 2.30. The van der Waals surface area contributed by atoms with E-state index in [2.05, 4.69) is 24.5 Å². The fraction of sp³-hybridized carbons (Fsp3) is 0.938. The smallest absolute Gasteiger partial charge is 0.315 e. The number of hydrogen-bond acceptors (Lipinski definition) is 2. The fourth-order valence-electron chi connectivity index (χ4n) is 3.29. The second-order valence-corrected chi connectivity index (χ2v) is 6.84. The van der Waals surface area contributed by atoms with E-state index in [-0.39, 0.29) is 12.1 Å². The molecular weight excluding hydrogens is 252 g/mol. The molecule has 3 N–H and O–H groups in total. The Morgan fingerprint density at radius 1 is 1.20 bits per heavy atom. The zero-order chi connectivity index (χ0) is 15.1. The number of amides is 2. The highest BCUT2D eigenvalue weighted by atomic mass is 16.3. The summed E-state index contributed by atoms with van der Waals surface area (Å²) in [5.74, 6) is 1.52. The van der Waals surface area contributed by atoms with Gasteiger partial charge in [0.1, 0.15) is 0 Å². The van der Waals surface area contributed by atoms with Crippen LogP contribution < -0.4 is 10.6 Å². The van der Waals surface area contributed by atoms with E-state index in [0.717, 1.165) is 12.8 Å². The molecule has 1 saturated carbocycles. The minimum Gasteiger partial charge on any atom is -0.393 e. The maximum Gasteiger partial charge on any atom is 0.315 e. The van der Waals surface area contributed by atoms with Gasteiger partial charge in [0.05, 0.1) is 6.10 Å². The van der Waals surface area contributed by atoms with Crippen LogP contribution in [0, 0.1) is 17.8 Å². The van der Waals surface area contributed by atoms with E-state index < -0.39 is 0 Å². The van der Waals surface area contributed by atoms with Gasteiger partial charge in [0.2, 0.25) is 0 Å². The Hall–Kier alpha value is -0.770. The van der Waals surface area contributed by atoms with Crippen molar-refractivity contribution in [3.05, 3.63) is 0 Å². The van der Waals surface area contributed by atoms with Gasteiger partial charge in [0, 0.05) is 12.6 Å². The lowest BCUT2D eigenvalue weighted by atomic mass is 9.78. The predicted molar refractivity (Wildman–Crippen MR) is 82.6 cm³/mol. The van der Waals surface area contributed by atoms with Crippen molar-refractivity contribution in [2.24, 2.45) is 17.8 Å². The van der Waals surface area contributed by atoms with E-state index in [1.807, 2.05) is 6.92 Å². The molecule has 1 aliphatic carbocycles. The molecule has 1 fully saturated rings. The molecule has 20 heavy (non-hydrogen) atoms. The summed E-state index contributed by atoms with van der Waals surface area (Å²) in [6, 6.07) is 0.260. The Morgan fingerprint density at radius 3 is 2.45 bits per heavy atom. The van der Waals surface area contributed by atoms with Crippen LogP contribution in [0.5, 0.6) is 0 Å². The van der Waals surface area contributed by atoms with Gasteiger partial charge >= 0.3 is 6.03 Å². The average Bonchev–Trinajstić information content (AvgIpc) is 2.36. The highest BCUT2D eigenvalue weighted by molar-refractivity contribution is 5.74. The molecule has 4 atom stereocenters. The largest absolute Gasteiger partial charge is 0.393 e. The molecule has 118 valence electrons. The van der Waals surface area contributed by atoms with Crippen molar-refractivity contribution in [1.29, 1.82) is 0 Å². The Morgan fingerprint density at radius 2 is 1.85 bits per heavy atom. The molecule has 0 saturated heterocycles. The van der Waals surface area contributed by atoms with Crippen LogP contribution in [-0.2, 0) is 0 Å². The first kappa shape index (κ1) is 17.3. The van der Waals surface area contributed by atoms with Crippen LogP contribution in [0.15, 0.2) is 0 Å². The van der Waals surface area contributed by atoms with E-state index in [9.17, 15) is 9.90 Å². The number of carbonyl (C=O) groups is 1. The van der Waals surface area contributed by atoms with Gasteiger partial charge < -0.3 is 15.7 Å². The van der Waals surface area contributed by atoms with E-state index >= 15 is 0 Å². The van der Waals surface area contributed by atoms with Crippen molar-refractivity contribution in [3.8, 4) is 0 Å². The number of carbonyl (C=O) groups excluding carboxylic acids is 1. The Labute approximate surface area is 123 Å². The third-order valence-electron chi connectivity index (χ3n) is 4.35. The molecule has 0 aromatic carbocycles. The molecule has 4 heteroatoms. The molecular formula is C16H32N2O2. The molecule has 1 aliphatic rings. The molecule has 4 nitrogen and oxygen atoms in total. The van der Waals surface area contributed by atoms with Crippen molar-refractivity contribution in [3.63, 3.8) is 0 Å². The topological polar surface area (TPSA) is 61.4 Å². The van der Waals surface area contributed by atoms with E-state index in [1.165, 1.54) is 19.3 Å². The first-order chi connectivity index (χ1) is 9.40. The quantitative estimate of drug-likeness (QED) is 0.702. The highest BCUT2D eigenvalue weighted by Gasteiger charge is 2.28. The van der Waals surface area contributed by atoms with Crippen molar-refractivity contribution in [1.82, 2.24) is 10.6 Å². The van der Waals surface area contributed by atoms with E-state index in [1.54, 1.807) is 6.92 Å². The maximum absolute atomic E-state index is 12.0. The van der Waals surface area contributed by atoms with Crippen LogP contribution >= 0.6 is 0 Å². The van der Waals surface area contributed by atoms with Crippen LogP contribution in [0.3, 0.4) is 0 Å². The third kappa shape index (κ3) is 6.12. The summed E-state index contributed by atoms with van der Waals surface area (Å²) in [5, 5.41) is 15.4. The van der Waals surface area contributed by atoms with Gasteiger partial charge in [0.25, 0.3) is 0 Å². The summed E-state index contributed by atoms with van der Waals surface area (Å²) in [4.78, 5) is 12.0. The van der Waals surface area contributed by atoms with Crippen molar-refractivity contribution in [2.75, 3.05) is 6.54 Å². The summed E-state index contributed by atoms with van der Waals surface area (Å²) in [7, 11) is 0. The lowest BCUT2D eigenvalue weighted by molar-refractivity contribution is 0.162. The molecule has 1 rings (SSSR count). The zero-order valence-electron chi connectivity index (χ0n) is 13.5. The van der Waals surface area contributed by atoms with Gasteiger partial charge in [-0.25, -0.2) is 4.79 Å². The van der Waals surface area contributed by atoms with Gasteiger partial charge in [-0.15, -0.1) is 0 Å². The summed E-state index contributed by atoms with van der Waals surface area (Å²) in [6.45, 7) is 8.94. The van der Waals surface area contributed by atoms with Crippen LogP contribution in [0.1, 0.15) is 59.8 Å². The van der Waals surface area contributed by atoms with Crippen LogP contribution in [0.4, 0.5) is 4.79 Å².